The maximum absolute atomic E-state index is 14.2. The van der Waals surface area contributed by atoms with Crippen LogP contribution >= 0.6 is 23.2 Å². The van der Waals surface area contributed by atoms with Crippen molar-refractivity contribution in [2.45, 2.75) is 38.2 Å². The molecule has 4 heterocycles. The number of carbonyl (C=O) groups excluding carboxylic acids is 1. The minimum atomic E-state index is -1.03. The van der Waals surface area contributed by atoms with Gasteiger partial charge in [0.2, 0.25) is 0 Å². The molecule has 1 N–H and O–H groups in total. The standard InChI is InChI=1S/C29H31Cl2FN6O3/c1-3-41-29(40)28(27-24-10-18(32)12-37(24)16-33-27)38-15-22-23(30)11-21(25(31)26(22)34-38)17-4-6-19(7-5-17)35(2)8-9-36-13-20(39)14-36/h4-7,11,15-16,18,20,28,39H,3,8-10,12-14H2,1-2H3. The highest BCUT2D eigenvalue weighted by Gasteiger charge is 2.35. The van der Waals surface area contributed by atoms with E-state index in [0.29, 0.717) is 37.9 Å². The predicted molar refractivity (Wildman–Crippen MR) is 157 cm³/mol. The lowest BCUT2D eigenvalue weighted by Crippen LogP contribution is -2.52. The minimum Gasteiger partial charge on any atom is -0.464 e. The van der Waals surface area contributed by atoms with Crippen molar-refractivity contribution in [2.24, 2.45) is 0 Å². The molecule has 2 aromatic carbocycles. The van der Waals surface area contributed by atoms with Crippen LogP contribution in [0.2, 0.25) is 10.0 Å². The Morgan fingerprint density at radius 3 is 2.71 bits per heavy atom. The van der Waals surface area contributed by atoms with Gasteiger partial charge < -0.3 is 19.3 Å². The number of ether oxygens (including phenoxy) is 1. The van der Waals surface area contributed by atoms with Crippen molar-refractivity contribution in [3.8, 4) is 11.1 Å². The average Bonchev–Trinajstić information content (AvgIpc) is 3.64. The molecule has 0 aliphatic carbocycles. The number of aromatic nitrogens is 4. The highest BCUT2D eigenvalue weighted by molar-refractivity contribution is 6.42. The number of nitrogens with zero attached hydrogens (tertiary/aromatic N) is 6. The first kappa shape index (κ1) is 28.0. The number of esters is 1. The SMILES string of the molecule is CCOC(=O)C(c1ncn2c1CC(F)C2)n1cc2c(Cl)cc(-c3ccc(N(C)CCN4CC(O)C4)cc3)c(Cl)c2n1. The molecule has 1 fully saturated rings. The van der Waals surface area contributed by atoms with Crippen LogP contribution in [0.1, 0.15) is 24.4 Å². The van der Waals surface area contributed by atoms with Crippen molar-refractivity contribution >= 4 is 45.8 Å². The summed E-state index contributed by atoms with van der Waals surface area (Å²) < 4.78 is 22.7. The van der Waals surface area contributed by atoms with Crippen LogP contribution in [0.4, 0.5) is 10.1 Å². The maximum atomic E-state index is 14.2. The number of hydrogen-bond donors (Lipinski definition) is 1. The van der Waals surface area contributed by atoms with Crippen molar-refractivity contribution in [1.82, 2.24) is 24.2 Å². The number of benzene rings is 2. The number of likely N-dealkylation sites (tertiary alicyclic amines) is 1. The highest BCUT2D eigenvalue weighted by Crippen LogP contribution is 2.40. The smallest absolute Gasteiger partial charge is 0.337 e. The van der Waals surface area contributed by atoms with Crippen molar-refractivity contribution < 1.29 is 19.0 Å². The minimum absolute atomic E-state index is 0.171. The molecule has 6 rings (SSSR count). The largest absolute Gasteiger partial charge is 0.464 e. The average molecular weight is 602 g/mol. The molecule has 41 heavy (non-hydrogen) atoms. The van der Waals surface area contributed by atoms with Gasteiger partial charge in [0.1, 0.15) is 11.7 Å². The van der Waals surface area contributed by atoms with Crippen LogP contribution in [0.3, 0.4) is 0 Å². The molecule has 2 aliphatic heterocycles. The Bertz CT molecular complexity index is 1580. The summed E-state index contributed by atoms with van der Waals surface area (Å²) in [6, 6.07) is 8.83. The number of carbonyl (C=O) groups is 1. The summed E-state index contributed by atoms with van der Waals surface area (Å²) in [5.74, 6) is -0.540. The third kappa shape index (κ3) is 5.30. The van der Waals surface area contributed by atoms with Gasteiger partial charge in [0.05, 0.1) is 41.3 Å². The van der Waals surface area contributed by atoms with E-state index >= 15 is 0 Å². The van der Waals surface area contributed by atoms with Crippen LogP contribution < -0.4 is 4.90 Å². The Labute approximate surface area is 247 Å². The molecular weight excluding hydrogens is 570 g/mol. The van der Waals surface area contributed by atoms with Gasteiger partial charge in [-0.2, -0.15) is 5.10 Å². The monoisotopic (exact) mass is 600 g/mol. The Morgan fingerprint density at radius 2 is 2.00 bits per heavy atom. The molecule has 2 aliphatic rings. The van der Waals surface area contributed by atoms with Crippen LogP contribution in [0.25, 0.3) is 22.0 Å². The number of aliphatic hydroxyl groups excluding tert-OH is 1. The van der Waals surface area contributed by atoms with E-state index in [1.54, 1.807) is 30.1 Å². The number of fused-ring (bicyclic) bond motifs is 2. The molecule has 2 atom stereocenters. The third-order valence-corrected chi connectivity index (χ3v) is 8.53. The van der Waals surface area contributed by atoms with E-state index < -0.39 is 18.2 Å². The van der Waals surface area contributed by atoms with Gasteiger partial charge in [-0.3, -0.25) is 9.58 Å². The summed E-state index contributed by atoms with van der Waals surface area (Å²) in [4.78, 5) is 22.0. The number of anilines is 1. The fraction of sp³-hybridized carbons (Fsp3) is 0.414. The summed E-state index contributed by atoms with van der Waals surface area (Å²) in [6.07, 6.45) is 2.15. The molecule has 2 aromatic heterocycles. The van der Waals surface area contributed by atoms with Crippen LogP contribution in [0.5, 0.6) is 0 Å². The topological polar surface area (TPSA) is 88.7 Å². The summed E-state index contributed by atoms with van der Waals surface area (Å²) in [7, 11) is 2.04. The molecule has 12 heteroatoms. The second-order valence-corrected chi connectivity index (χ2v) is 11.4. The van der Waals surface area contributed by atoms with Gasteiger partial charge in [0.15, 0.2) is 6.04 Å². The molecule has 2 unspecified atom stereocenters. The fourth-order valence-electron chi connectivity index (χ4n) is 5.59. The van der Waals surface area contributed by atoms with E-state index in [-0.39, 0.29) is 25.7 Å². The van der Waals surface area contributed by atoms with E-state index in [4.69, 9.17) is 33.0 Å². The Morgan fingerprint density at radius 1 is 1.24 bits per heavy atom. The van der Waals surface area contributed by atoms with E-state index in [1.165, 1.54) is 4.68 Å². The molecule has 4 aromatic rings. The summed E-state index contributed by atoms with van der Waals surface area (Å²) in [5, 5.41) is 15.6. The molecule has 9 nitrogen and oxygen atoms in total. The first-order valence-corrected chi connectivity index (χ1v) is 14.4. The zero-order valence-electron chi connectivity index (χ0n) is 22.8. The normalized spacial score (nSPS) is 18.0. The van der Waals surface area contributed by atoms with E-state index in [2.05, 4.69) is 14.8 Å². The molecule has 216 valence electrons. The molecule has 0 spiro atoms. The first-order valence-electron chi connectivity index (χ1n) is 13.7. The van der Waals surface area contributed by atoms with Crippen LogP contribution in [0.15, 0.2) is 42.9 Å². The van der Waals surface area contributed by atoms with Crippen LogP contribution in [-0.4, -0.2) is 87.4 Å². The lowest BCUT2D eigenvalue weighted by Gasteiger charge is -2.37. The number of hydrogen-bond acceptors (Lipinski definition) is 7. The second kappa shape index (κ2) is 11.2. The van der Waals surface area contributed by atoms with Crippen molar-refractivity contribution in [1.29, 1.82) is 0 Å². The molecule has 1 saturated heterocycles. The van der Waals surface area contributed by atoms with Gasteiger partial charge in [-0.15, -0.1) is 0 Å². The zero-order chi connectivity index (χ0) is 28.8. The quantitative estimate of drug-likeness (QED) is 0.285. The molecule has 0 saturated carbocycles. The number of alkyl halides is 1. The van der Waals surface area contributed by atoms with Crippen molar-refractivity contribution in [3.05, 3.63) is 64.3 Å². The summed E-state index contributed by atoms with van der Waals surface area (Å²) >= 11 is 13.6. The highest BCUT2D eigenvalue weighted by atomic mass is 35.5. The molecule has 0 amide bonds. The number of aliphatic hydroxyl groups is 1. The third-order valence-electron chi connectivity index (χ3n) is 7.83. The zero-order valence-corrected chi connectivity index (χ0v) is 24.3. The Balaban J connectivity index is 1.30. The van der Waals surface area contributed by atoms with Crippen LogP contribution in [0, 0.1) is 0 Å². The molecule has 0 radical (unpaired) electrons. The van der Waals surface area contributed by atoms with Gasteiger partial charge in [0.25, 0.3) is 0 Å². The second-order valence-electron chi connectivity index (χ2n) is 10.7. The number of imidazole rings is 1. The molecular formula is C29H31Cl2FN6O3. The van der Waals surface area contributed by atoms with Gasteiger partial charge in [-0.25, -0.2) is 14.2 Å². The lowest BCUT2D eigenvalue weighted by molar-refractivity contribution is -0.146. The lowest BCUT2D eigenvalue weighted by atomic mass is 10.0. The van der Waals surface area contributed by atoms with Crippen LogP contribution in [-0.2, 0) is 22.5 Å². The van der Waals surface area contributed by atoms with E-state index in [0.717, 1.165) is 37.4 Å². The first-order chi connectivity index (χ1) is 19.7. The maximum Gasteiger partial charge on any atom is 0.337 e. The van der Waals surface area contributed by atoms with Crippen molar-refractivity contribution in [3.63, 3.8) is 0 Å². The molecule has 0 bridgehead atoms. The van der Waals surface area contributed by atoms with Gasteiger partial charge in [-0.1, -0.05) is 35.3 Å². The predicted octanol–water partition coefficient (Wildman–Crippen LogP) is 4.37. The number of β-amino-alcohol motifs (C(OH)–C–C–N with tert-alkyl or cyclic N) is 1. The number of halogens is 3. The summed E-state index contributed by atoms with van der Waals surface area (Å²) in [5.41, 5.74) is 4.16. The number of likely N-dealkylation sites (N-methyl/N-ethyl adjacent to an activating group) is 1. The van der Waals surface area contributed by atoms with Gasteiger partial charge >= 0.3 is 5.97 Å². The van der Waals surface area contributed by atoms with Crippen molar-refractivity contribution in [2.75, 3.05) is 44.7 Å². The van der Waals surface area contributed by atoms with E-state index in [1.807, 2.05) is 31.3 Å². The van der Waals surface area contributed by atoms with E-state index in [9.17, 15) is 14.3 Å². The Kier molecular flexibility index (Phi) is 7.67. The summed E-state index contributed by atoms with van der Waals surface area (Å²) in [6.45, 7) is 5.30. The Hall–Kier alpha value is -3.18. The van der Waals surface area contributed by atoms with Gasteiger partial charge in [-0.05, 0) is 30.7 Å². The van der Waals surface area contributed by atoms with Gasteiger partial charge in [0, 0.05) is 68.2 Å². The number of rotatable bonds is 9. The fourth-order valence-corrected chi connectivity index (χ4v) is 6.14.